The van der Waals surface area contributed by atoms with Gasteiger partial charge in [-0.15, -0.1) is 0 Å². The van der Waals surface area contributed by atoms with E-state index in [-0.39, 0.29) is 0 Å². The zero-order chi connectivity index (χ0) is 35.8. The van der Waals surface area contributed by atoms with Crippen LogP contribution < -0.4 is 0 Å². The van der Waals surface area contributed by atoms with Gasteiger partial charge in [-0.25, -0.2) is 0 Å². The smallest absolute Gasteiger partial charge is 0.176 e. The fraction of sp³-hybridized carbons (Fsp3) is 0.500. The molecule has 0 fully saturated rings. The molecule has 7 heteroatoms. The number of aliphatic imine (C=N–C) groups is 2. The third-order valence-corrected chi connectivity index (χ3v) is 23.8. The van der Waals surface area contributed by atoms with Crippen molar-refractivity contribution >= 4 is 62.0 Å². The summed E-state index contributed by atoms with van der Waals surface area (Å²) in [6.45, 7) is 20.5. The predicted octanol–water partition coefficient (Wildman–Crippen LogP) is 11.3. The maximum atomic E-state index is 5.11. The molecule has 4 aromatic carbocycles. The molecule has 0 amide bonds. The number of hydrogen-bond acceptors (Lipinski definition) is 6. The summed E-state index contributed by atoms with van der Waals surface area (Å²) in [5, 5.41) is 5.36. The summed E-state index contributed by atoms with van der Waals surface area (Å²) < 4.78 is 0. The molecule has 0 saturated carbocycles. The fourth-order valence-electron chi connectivity index (χ4n) is 7.96. The highest BCUT2D eigenvalue weighted by Crippen LogP contribution is 2.43. The van der Waals surface area contributed by atoms with Crippen molar-refractivity contribution in [3.05, 3.63) is 96.1 Å². The van der Waals surface area contributed by atoms with E-state index in [1.165, 1.54) is 80.8 Å². The molecule has 0 aromatic heterocycles. The second-order valence-electron chi connectivity index (χ2n) is 15.5. The van der Waals surface area contributed by atoms with Crippen LogP contribution in [-0.2, 0) is 0 Å². The second-order valence-corrected chi connectivity index (χ2v) is 26.9. The SMILES string of the molecule is CC(C)CC[Si](CCC(C)C)(SCCN1CCN=C1C(C)c1cccc2ccccc12)SCCN1CCN=C1C(C)c1cccc2ccccc12. The summed E-state index contributed by atoms with van der Waals surface area (Å²) in [5.41, 5.74) is 2.80. The number of fused-ring (bicyclic) bond motifs is 2. The summed E-state index contributed by atoms with van der Waals surface area (Å²) in [5.74, 6) is 7.07. The lowest BCUT2D eigenvalue weighted by Gasteiger charge is -2.34. The van der Waals surface area contributed by atoms with Gasteiger partial charge < -0.3 is 9.80 Å². The monoisotopic (exact) mass is 736 g/mol. The van der Waals surface area contributed by atoms with Crippen molar-refractivity contribution in [3.8, 4) is 0 Å². The van der Waals surface area contributed by atoms with Gasteiger partial charge in [-0.2, -0.15) is 22.4 Å². The average molecular weight is 737 g/mol. The van der Waals surface area contributed by atoms with E-state index in [1.54, 1.807) is 0 Å². The molecule has 272 valence electrons. The molecule has 2 heterocycles. The molecule has 0 N–H and O–H groups in total. The van der Waals surface area contributed by atoms with E-state index >= 15 is 0 Å². The first-order chi connectivity index (χ1) is 24.7. The van der Waals surface area contributed by atoms with E-state index in [2.05, 4.69) is 159 Å². The minimum Gasteiger partial charge on any atom is -0.357 e. The predicted molar refractivity (Wildman–Crippen MR) is 232 cm³/mol. The van der Waals surface area contributed by atoms with E-state index in [4.69, 9.17) is 9.98 Å². The minimum atomic E-state index is -1.66. The Kier molecular flexibility index (Phi) is 13.3. The second kappa shape index (κ2) is 17.9. The molecular weight excluding hydrogens is 677 g/mol. The van der Waals surface area contributed by atoms with Crippen LogP contribution in [0, 0.1) is 11.8 Å². The Labute approximate surface area is 317 Å². The molecule has 4 nitrogen and oxygen atoms in total. The van der Waals surface area contributed by atoms with E-state index in [1.807, 2.05) is 0 Å². The van der Waals surface area contributed by atoms with Crippen LogP contribution in [-0.4, -0.2) is 78.6 Å². The van der Waals surface area contributed by atoms with Gasteiger partial charge in [-0.05, 0) is 56.6 Å². The number of benzene rings is 4. The van der Waals surface area contributed by atoms with Crippen molar-refractivity contribution in [2.75, 3.05) is 50.8 Å². The summed E-state index contributed by atoms with van der Waals surface area (Å²) >= 11 is 4.79. The van der Waals surface area contributed by atoms with Crippen LogP contribution in [0.1, 0.15) is 77.3 Å². The summed E-state index contributed by atoms with van der Waals surface area (Å²) in [6, 6.07) is 34.0. The molecule has 51 heavy (non-hydrogen) atoms. The normalized spacial score (nSPS) is 16.5. The van der Waals surface area contributed by atoms with Crippen LogP contribution in [0.15, 0.2) is 94.9 Å². The Morgan fingerprint density at radius 2 is 0.980 bits per heavy atom. The van der Waals surface area contributed by atoms with Crippen molar-refractivity contribution in [1.29, 1.82) is 0 Å². The van der Waals surface area contributed by atoms with Crippen molar-refractivity contribution in [3.63, 3.8) is 0 Å². The van der Waals surface area contributed by atoms with Gasteiger partial charge in [0.15, 0.2) is 6.37 Å². The summed E-state index contributed by atoms with van der Waals surface area (Å²) in [7, 11) is 0. The van der Waals surface area contributed by atoms with Crippen LogP contribution in [0.2, 0.25) is 12.1 Å². The van der Waals surface area contributed by atoms with Crippen LogP contribution in [0.5, 0.6) is 0 Å². The highest BCUT2D eigenvalue weighted by molar-refractivity contribution is 8.58. The molecule has 2 aliphatic heterocycles. The van der Waals surface area contributed by atoms with Gasteiger partial charge in [0.2, 0.25) is 0 Å². The minimum absolute atomic E-state index is 0.300. The van der Waals surface area contributed by atoms with Gasteiger partial charge in [0.25, 0.3) is 0 Å². The van der Waals surface area contributed by atoms with E-state index in [9.17, 15) is 0 Å². The molecule has 0 saturated heterocycles. The highest BCUT2D eigenvalue weighted by Gasteiger charge is 2.36. The Hall–Kier alpha value is -2.74. The lowest BCUT2D eigenvalue weighted by molar-refractivity contribution is 0.474. The lowest BCUT2D eigenvalue weighted by atomic mass is 9.93. The quantitative estimate of drug-likeness (QED) is 0.0952. The standard InChI is InChI=1S/C44H60N4S2Si/c1-33(2)21-31-51(32-22-34(3)4,49-29-27-47-25-23-45-43(47)35(5)39-19-11-15-37-13-7-9-17-41(37)39)50-30-28-48-26-24-46-44(48)36(6)40-20-12-16-38-14-8-10-18-42(38)40/h7-20,33-36H,21-32H2,1-6H3. The van der Waals surface area contributed by atoms with Gasteiger partial charge in [0.1, 0.15) is 11.7 Å². The number of hydrogen-bond donors (Lipinski definition) is 0. The Morgan fingerprint density at radius 1 is 0.569 bits per heavy atom. The fourth-order valence-corrected chi connectivity index (χ4v) is 20.7. The molecule has 0 radical (unpaired) electrons. The summed E-state index contributed by atoms with van der Waals surface area (Å²) in [6.07, 6.45) is 1.02. The van der Waals surface area contributed by atoms with E-state index in [0.29, 0.717) is 11.8 Å². The largest absolute Gasteiger partial charge is 0.357 e. The third-order valence-electron chi connectivity index (χ3n) is 10.9. The Bertz CT molecular complexity index is 1660. The zero-order valence-corrected chi connectivity index (χ0v) is 34.6. The molecule has 4 aromatic rings. The molecule has 0 aliphatic carbocycles. The van der Waals surface area contributed by atoms with Gasteiger partial charge in [0.05, 0.1) is 13.1 Å². The lowest BCUT2D eigenvalue weighted by Crippen LogP contribution is -2.37. The molecular formula is C44H60N4S2Si. The highest BCUT2D eigenvalue weighted by atomic mass is 32.6. The first-order valence-corrected chi connectivity index (χ1v) is 25.4. The molecule has 0 spiro atoms. The number of rotatable bonds is 18. The molecule has 2 aliphatic rings. The van der Waals surface area contributed by atoms with Gasteiger partial charge in [-0.3, -0.25) is 9.98 Å². The maximum Gasteiger partial charge on any atom is 0.176 e. The Morgan fingerprint density at radius 3 is 1.41 bits per heavy atom. The van der Waals surface area contributed by atoms with E-state index in [0.717, 1.165) is 51.1 Å². The zero-order valence-electron chi connectivity index (χ0n) is 32.0. The van der Waals surface area contributed by atoms with Crippen molar-refractivity contribution in [1.82, 2.24) is 9.80 Å². The first kappa shape index (κ1) is 38.0. The van der Waals surface area contributed by atoms with Crippen LogP contribution in [0.3, 0.4) is 0 Å². The molecule has 2 atom stereocenters. The number of nitrogens with zero attached hydrogens (tertiary/aromatic N) is 4. The van der Waals surface area contributed by atoms with Crippen molar-refractivity contribution < 1.29 is 0 Å². The number of amidine groups is 2. The summed E-state index contributed by atoms with van der Waals surface area (Å²) in [4.78, 5) is 15.5. The van der Waals surface area contributed by atoms with Gasteiger partial charge in [0, 0.05) is 49.5 Å². The van der Waals surface area contributed by atoms with Gasteiger partial charge in [-0.1, -0.05) is 139 Å². The van der Waals surface area contributed by atoms with Crippen LogP contribution >= 0.6 is 22.4 Å². The average Bonchev–Trinajstić information content (AvgIpc) is 3.82. The first-order valence-electron chi connectivity index (χ1n) is 19.6. The van der Waals surface area contributed by atoms with Crippen LogP contribution in [0.25, 0.3) is 21.5 Å². The van der Waals surface area contributed by atoms with Crippen molar-refractivity contribution in [2.45, 2.75) is 78.3 Å². The topological polar surface area (TPSA) is 31.2 Å². The van der Waals surface area contributed by atoms with Gasteiger partial charge >= 0.3 is 0 Å². The maximum absolute atomic E-state index is 5.11. The molecule has 6 rings (SSSR count). The van der Waals surface area contributed by atoms with E-state index < -0.39 is 6.37 Å². The molecule has 2 unspecified atom stereocenters. The molecule has 0 bridgehead atoms. The third kappa shape index (κ3) is 9.44. The van der Waals surface area contributed by atoms with Crippen molar-refractivity contribution in [2.24, 2.45) is 21.8 Å². The van der Waals surface area contributed by atoms with Crippen LogP contribution in [0.4, 0.5) is 0 Å². The Balaban J connectivity index is 1.12.